The van der Waals surface area contributed by atoms with Crippen LogP contribution >= 0.6 is 15.9 Å². The van der Waals surface area contributed by atoms with Gasteiger partial charge in [0.05, 0.1) is 0 Å². The van der Waals surface area contributed by atoms with Crippen LogP contribution in [-0.4, -0.2) is 19.2 Å². The predicted octanol–water partition coefficient (Wildman–Crippen LogP) is 4.67. The molecule has 1 aromatic carbocycles. The number of hydrogen-bond donors (Lipinski definition) is 1. The van der Waals surface area contributed by atoms with Crippen LogP contribution in [0, 0.1) is 11.2 Å². The third-order valence-corrected chi connectivity index (χ3v) is 5.74. The zero-order valence-electron chi connectivity index (χ0n) is 12.5. The van der Waals surface area contributed by atoms with E-state index in [0.717, 1.165) is 10.9 Å². The molecule has 116 valence electrons. The summed E-state index contributed by atoms with van der Waals surface area (Å²) in [5.74, 6) is 0.392. The number of nitrogens with one attached hydrogen (secondary N) is 1. The van der Waals surface area contributed by atoms with Gasteiger partial charge >= 0.3 is 0 Å². The molecule has 2 aliphatic carbocycles. The summed E-state index contributed by atoms with van der Waals surface area (Å²) in [4.78, 5) is 0. The highest BCUT2D eigenvalue weighted by Gasteiger charge is 2.55. The normalized spacial score (nSPS) is 28.0. The van der Waals surface area contributed by atoms with Gasteiger partial charge in [0.15, 0.2) is 0 Å². The van der Waals surface area contributed by atoms with Gasteiger partial charge in [-0.15, -0.1) is 0 Å². The average Bonchev–Trinajstić information content (AvgIpc) is 2.69. The first-order valence-electron chi connectivity index (χ1n) is 7.94. The van der Waals surface area contributed by atoms with Crippen LogP contribution in [-0.2, 0) is 0 Å². The van der Waals surface area contributed by atoms with E-state index in [-0.39, 0.29) is 17.3 Å². The Balaban J connectivity index is 1.78. The van der Waals surface area contributed by atoms with Crippen LogP contribution in [0.1, 0.15) is 44.9 Å². The van der Waals surface area contributed by atoms with Crippen LogP contribution in [0.15, 0.2) is 22.7 Å². The van der Waals surface area contributed by atoms with Gasteiger partial charge in [-0.25, -0.2) is 4.39 Å². The Bertz CT molecular complexity index is 479. The zero-order valence-corrected chi connectivity index (χ0v) is 14.1. The van der Waals surface area contributed by atoms with Gasteiger partial charge in [-0.1, -0.05) is 41.6 Å². The standard InChI is InChI=1S/C17H23BrFNO/c1-20-15-11-16(17(15)6-4-2-3-5-7-17)21-14-9-12(18)8-13(19)10-14/h8-10,15-16,20H,2-7,11H2,1H3. The molecule has 2 saturated carbocycles. The van der Waals surface area contributed by atoms with Crippen molar-refractivity contribution in [2.24, 2.45) is 5.41 Å². The highest BCUT2D eigenvalue weighted by Crippen LogP contribution is 2.52. The van der Waals surface area contributed by atoms with E-state index in [4.69, 9.17) is 4.74 Å². The molecule has 2 atom stereocenters. The molecule has 2 aliphatic rings. The average molecular weight is 356 g/mol. The Kier molecular flexibility index (Phi) is 4.55. The van der Waals surface area contributed by atoms with E-state index < -0.39 is 0 Å². The number of ether oxygens (including phenoxy) is 1. The molecule has 3 rings (SSSR count). The van der Waals surface area contributed by atoms with E-state index in [9.17, 15) is 4.39 Å². The SMILES string of the molecule is CNC1CC(Oc2cc(F)cc(Br)c2)C12CCCCCC2. The van der Waals surface area contributed by atoms with Crippen molar-refractivity contribution >= 4 is 15.9 Å². The van der Waals surface area contributed by atoms with Gasteiger partial charge in [-0.05, 0) is 32.0 Å². The smallest absolute Gasteiger partial charge is 0.128 e. The molecule has 1 aromatic rings. The molecule has 0 heterocycles. The fourth-order valence-electron chi connectivity index (χ4n) is 4.14. The first kappa shape index (κ1) is 15.3. The van der Waals surface area contributed by atoms with E-state index in [1.54, 1.807) is 0 Å². The highest BCUT2D eigenvalue weighted by molar-refractivity contribution is 9.10. The van der Waals surface area contributed by atoms with Gasteiger partial charge in [-0.3, -0.25) is 0 Å². The molecule has 1 spiro atoms. The van der Waals surface area contributed by atoms with Crippen molar-refractivity contribution in [3.8, 4) is 5.75 Å². The molecule has 0 bridgehead atoms. The van der Waals surface area contributed by atoms with Gasteiger partial charge in [0.25, 0.3) is 0 Å². The van der Waals surface area contributed by atoms with Crippen LogP contribution in [0.2, 0.25) is 0 Å². The Labute approximate surface area is 134 Å². The molecule has 2 nitrogen and oxygen atoms in total. The monoisotopic (exact) mass is 355 g/mol. The maximum Gasteiger partial charge on any atom is 0.128 e. The van der Waals surface area contributed by atoms with E-state index in [0.29, 0.717) is 11.8 Å². The second kappa shape index (κ2) is 6.25. The molecule has 4 heteroatoms. The summed E-state index contributed by atoms with van der Waals surface area (Å²) in [6, 6.07) is 5.35. The van der Waals surface area contributed by atoms with Gasteiger partial charge in [0.2, 0.25) is 0 Å². The summed E-state index contributed by atoms with van der Waals surface area (Å²) >= 11 is 3.34. The summed E-state index contributed by atoms with van der Waals surface area (Å²) in [5, 5.41) is 3.46. The molecule has 2 fully saturated rings. The van der Waals surface area contributed by atoms with Crippen molar-refractivity contribution in [2.75, 3.05) is 7.05 Å². The second-order valence-electron chi connectivity index (χ2n) is 6.44. The van der Waals surface area contributed by atoms with Crippen molar-refractivity contribution in [1.29, 1.82) is 0 Å². The van der Waals surface area contributed by atoms with Gasteiger partial charge in [0.1, 0.15) is 17.7 Å². The lowest BCUT2D eigenvalue weighted by molar-refractivity contribution is -0.0883. The van der Waals surface area contributed by atoms with Gasteiger partial charge < -0.3 is 10.1 Å². The predicted molar refractivity (Wildman–Crippen MR) is 86.1 cm³/mol. The van der Waals surface area contributed by atoms with E-state index >= 15 is 0 Å². The molecule has 2 unspecified atom stereocenters. The van der Waals surface area contributed by atoms with Crippen molar-refractivity contribution < 1.29 is 9.13 Å². The maximum absolute atomic E-state index is 13.5. The Hall–Kier alpha value is -0.610. The molecule has 0 aromatic heterocycles. The highest BCUT2D eigenvalue weighted by atomic mass is 79.9. The van der Waals surface area contributed by atoms with Crippen LogP contribution in [0.5, 0.6) is 5.75 Å². The summed E-state index contributed by atoms with van der Waals surface area (Å²) in [6.45, 7) is 0. The Morgan fingerprint density at radius 2 is 1.90 bits per heavy atom. The zero-order chi connectivity index (χ0) is 14.9. The largest absolute Gasteiger partial charge is 0.490 e. The maximum atomic E-state index is 13.5. The lowest BCUT2D eigenvalue weighted by Crippen LogP contribution is -2.64. The van der Waals surface area contributed by atoms with E-state index in [2.05, 4.69) is 21.2 Å². The Morgan fingerprint density at radius 3 is 2.52 bits per heavy atom. The van der Waals surface area contributed by atoms with Crippen LogP contribution in [0.4, 0.5) is 4.39 Å². The molecular formula is C17H23BrFNO. The minimum Gasteiger partial charge on any atom is -0.490 e. The first-order valence-corrected chi connectivity index (χ1v) is 8.73. The lowest BCUT2D eigenvalue weighted by Gasteiger charge is -2.55. The number of halogens is 2. The lowest BCUT2D eigenvalue weighted by atomic mass is 9.58. The van der Waals surface area contributed by atoms with E-state index in [1.165, 1.54) is 50.7 Å². The van der Waals surface area contributed by atoms with Gasteiger partial charge in [0, 0.05) is 28.4 Å². The molecular weight excluding hydrogens is 333 g/mol. The second-order valence-corrected chi connectivity index (χ2v) is 7.35. The van der Waals surface area contributed by atoms with Crippen LogP contribution in [0.25, 0.3) is 0 Å². The fourth-order valence-corrected chi connectivity index (χ4v) is 4.58. The molecule has 0 radical (unpaired) electrons. The minimum absolute atomic E-state index is 0.210. The molecule has 0 saturated heterocycles. The van der Waals surface area contributed by atoms with Crippen molar-refractivity contribution in [3.63, 3.8) is 0 Å². The molecule has 0 aliphatic heterocycles. The molecule has 0 amide bonds. The van der Waals surface area contributed by atoms with Crippen molar-refractivity contribution in [1.82, 2.24) is 5.32 Å². The van der Waals surface area contributed by atoms with Crippen LogP contribution < -0.4 is 10.1 Å². The summed E-state index contributed by atoms with van der Waals surface area (Å²) in [5.41, 5.74) is 0.240. The summed E-state index contributed by atoms with van der Waals surface area (Å²) in [6.07, 6.45) is 8.90. The quantitative estimate of drug-likeness (QED) is 0.850. The number of hydrogen-bond acceptors (Lipinski definition) is 2. The number of rotatable bonds is 3. The minimum atomic E-state index is -0.251. The molecule has 21 heavy (non-hydrogen) atoms. The van der Waals surface area contributed by atoms with Gasteiger partial charge in [-0.2, -0.15) is 0 Å². The van der Waals surface area contributed by atoms with Crippen molar-refractivity contribution in [2.45, 2.75) is 57.1 Å². The van der Waals surface area contributed by atoms with Crippen molar-refractivity contribution in [3.05, 3.63) is 28.5 Å². The Morgan fingerprint density at radius 1 is 1.19 bits per heavy atom. The van der Waals surface area contributed by atoms with E-state index in [1.807, 2.05) is 13.1 Å². The summed E-state index contributed by atoms with van der Waals surface area (Å²) in [7, 11) is 2.05. The molecule has 1 N–H and O–H groups in total. The first-order chi connectivity index (χ1) is 10.1. The third-order valence-electron chi connectivity index (χ3n) is 5.28. The third kappa shape index (κ3) is 2.98. The number of benzene rings is 1. The fraction of sp³-hybridized carbons (Fsp3) is 0.647. The van der Waals surface area contributed by atoms with Crippen LogP contribution in [0.3, 0.4) is 0 Å². The summed E-state index contributed by atoms with van der Waals surface area (Å²) < 4.78 is 20.4. The topological polar surface area (TPSA) is 21.3 Å².